The Bertz CT molecular complexity index is 560. The molecule has 0 aliphatic carbocycles. The van der Waals surface area contributed by atoms with Crippen molar-refractivity contribution in [1.29, 1.82) is 0 Å². The van der Waals surface area contributed by atoms with Gasteiger partial charge in [-0.1, -0.05) is 12.0 Å². The molecule has 1 amide bonds. The third-order valence-electron chi connectivity index (χ3n) is 3.02. The molecule has 21 heavy (non-hydrogen) atoms. The van der Waals surface area contributed by atoms with Crippen LogP contribution in [0.3, 0.4) is 0 Å². The Morgan fingerprint density at radius 2 is 2.05 bits per heavy atom. The van der Waals surface area contributed by atoms with Crippen molar-refractivity contribution in [1.82, 2.24) is 4.90 Å². The van der Waals surface area contributed by atoms with E-state index in [0.717, 1.165) is 10.5 Å². The molecule has 0 radical (unpaired) electrons. The van der Waals surface area contributed by atoms with Gasteiger partial charge in [0.25, 0.3) is 0 Å². The first-order valence-corrected chi connectivity index (χ1v) is 6.57. The van der Waals surface area contributed by atoms with Crippen LogP contribution in [0.15, 0.2) is 18.2 Å². The molecule has 0 saturated heterocycles. The summed E-state index contributed by atoms with van der Waals surface area (Å²) < 4.78 is 5.50. The van der Waals surface area contributed by atoms with E-state index in [1.807, 2.05) is 32.0 Å². The molecule has 0 heterocycles. The van der Waals surface area contributed by atoms with Crippen LogP contribution in [0.25, 0.3) is 0 Å². The number of carbonyl (C=O) groups excluding carboxylic acids is 1. The SMILES string of the molecule is C#CCN(CC(=O)O)C(=O)CCOc1ccc(C)c(C)c1. The summed E-state index contributed by atoms with van der Waals surface area (Å²) in [6.07, 6.45) is 5.21. The van der Waals surface area contributed by atoms with Gasteiger partial charge in [0.05, 0.1) is 19.6 Å². The topological polar surface area (TPSA) is 66.8 Å². The van der Waals surface area contributed by atoms with Gasteiger partial charge in [-0.25, -0.2) is 0 Å². The number of ether oxygens (including phenoxy) is 1. The molecule has 0 aromatic heterocycles. The van der Waals surface area contributed by atoms with Crippen molar-refractivity contribution in [2.24, 2.45) is 0 Å². The van der Waals surface area contributed by atoms with E-state index in [1.165, 1.54) is 5.56 Å². The fourth-order valence-electron chi connectivity index (χ4n) is 1.72. The van der Waals surface area contributed by atoms with E-state index >= 15 is 0 Å². The maximum Gasteiger partial charge on any atom is 0.323 e. The van der Waals surface area contributed by atoms with E-state index < -0.39 is 12.5 Å². The molecule has 1 aromatic carbocycles. The van der Waals surface area contributed by atoms with Gasteiger partial charge in [-0.2, -0.15) is 0 Å². The van der Waals surface area contributed by atoms with Crippen LogP contribution in [0.5, 0.6) is 5.75 Å². The first kappa shape index (κ1) is 16.6. The zero-order valence-electron chi connectivity index (χ0n) is 12.3. The van der Waals surface area contributed by atoms with Crippen LogP contribution >= 0.6 is 0 Å². The molecular formula is C16H19NO4. The molecule has 0 atom stereocenters. The molecule has 0 aliphatic rings. The summed E-state index contributed by atoms with van der Waals surface area (Å²) in [7, 11) is 0. The monoisotopic (exact) mass is 289 g/mol. The molecule has 112 valence electrons. The number of hydrogen-bond acceptors (Lipinski definition) is 3. The number of hydrogen-bond donors (Lipinski definition) is 1. The lowest BCUT2D eigenvalue weighted by molar-refractivity contribution is -0.144. The molecule has 1 aromatic rings. The molecule has 5 nitrogen and oxygen atoms in total. The number of carbonyl (C=O) groups is 2. The van der Waals surface area contributed by atoms with Crippen LogP contribution in [0, 0.1) is 26.2 Å². The number of amides is 1. The van der Waals surface area contributed by atoms with Crippen molar-refractivity contribution < 1.29 is 19.4 Å². The Hall–Kier alpha value is -2.48. The Balaban J connectivity index is 2.49. The van der Waals surface area contributed by atoms with Crippen molar-refractivity contribution in [3.8, 4) is 18.1 Å². The predicted molar refractivity (Wildman–Crippen MR) is 79.1 cm³/mol. The van der Waals surface area contributed by atoms with Crippen LogP contribution in [-0.2, 0) is 9.59 Å². The lowest BCUT2D eigenvalue weighted by Gasteiger charge is -2.18. The highest BCUT2D eigenvalue weighted by Gasteiger charge is 2.15. The highest BCUT2D eigenvalue weighted by molar-refractivity contribution is 5.81. The summed E-state index contributed by atoms with van der Waals surface area (Å²) in [6.45, 7) is 3.75. The molecule has 0 unspecified atom stereocenters. The fourth-order valence-corrected chi connectivity index (χ4v) is 1.72. The van der Waals surface area contributed by atoms with E-state index in [0.29, 0.717) is 5.75 Å². The van der Waals surface area contributed by atoms with Crippen molar-refractivity contribution in [3.05, 3.63) is 29.3 Å². The van der Waals surface area contributed by atoms with Crippen LogP contribution in [0.4, 0.5) is 0 Å². The van der Waals surface area contributed by atoms with Crippen molar-refractivity contribution in [3.63, 3.8) is 0 Å². The van der Waals surface area contributed by atoms with Crippen LogP contribution < -0.4 is 4.74 Å². The minimum Gasteiger partial charge on any atom is -0.493 e. The Morgan fingerprint density at radius 1 is 1.33 bits per heavy atom. The quantitative estimate of drug-likeness (QED) is 0.775. The number of nitrogens with zero attached hydrogens (tertiary/aromatic N) is 1. The van der Waals surface area contributed by atoms with E-state index in [-0.39, 0.29) is 25.5 Å². The molecule has 0 aliphatic heterocycles. The molecule has 0 spiro atoms. The second-order valence-electron chi connectivity index (χ2n) is 4.69. The molecule has 1 rings (SSSR count). The van der Waals surface area contributed by atoms with Gasteiger partial charge in [-0.05, 0) is 37.1 Å². The first-order chi connectivity index (χ1) is 9.93. The Morgan fingerprint density at radius 3 is 2.62 bits per heavy atom. The second-order valence-corrected chi connectivity index (χ2v) is 4.69. The van der Waals surface area contributed by atoms with Crippen molar-refractivity contribution in [2.75, 3.05) is 19.7 Å². The number of terminal acetylenes is 1. The zero-order valence-corrected chi connectivity index (χ0v) is 12.3. The summed E-state index contributed by atoms with van der Waals surface area (Å²) in [4.78, 5) is 23.6. The number of aryl methyl sites for hydroxylation is 2. The third kappa shape index (κ3) is 5.57. The number of rotatable bonds is 7. The summed E-state index contributed by atoms with van der Waals surface area (Å²) in [5.74, 6) is 1.54. The van der Waals surface area contributed by atoms with Gasteiger partial charge in [0.1, 0.15) is 12.3 Å². The zero-order chi connectivity index (χ0) is 15.8. The van der Waals surface area contributed by atoms with Gasteiger partial charge < -0.3 is 14.7 Å². The lowest BCUT2D eigenvalue weighted by Crippen LogP contribution is -2.36. The average Bonchev–Trinajstić information content (AvgIpc) is 2.41. The van der Waals surface area contributed by atoms with Gasteiger partial charge in [-0.15, -0.1) is 6.42 Å². The lowest BCUT2D eigenvalue weighted by atomic mass is 10.1. The first-order valence-electron chi connectivity index (χ1n) is 6.57. The Kier molecular flexibility index (Phi) is 6.28. The Labute approximate surface area is 124 Å². The molecule has 1 N–H and O–H groups in total. The number of carboxylic acid groups (broad SMARTS) is 1. The molecular weight excluding hydrogens is 270 g/mol. The summed E-state index contributed by atoms with van der Waals surface area (Å²) in [5.41, 5.74) is 2.28. The van der Waals surface area contributed by atoms with Gasteiger partial charge >= 0.3 is 5.97 Å². The van der Waals surface area contributed by atoms with Crippen LogP contribution in [0.2, 0.25) is 0 Å². The summed E-state index contributed by atoms with van der Waals surface area (Å²) in [5, 5.41) is 8.73. The number of aliphatic carboxylic acids is 1. The van der Waals surface area contributed by atoms with E-state index in [4.69, 9.17) is 16.3 Å². The van der Waals surface area contributed by atoms with Crippen LogP contribution in [-0.4, -0.2) is 41.6 Å². The van der Waals surface area contributed by atoms with Gasteiger partial charge in [0.2, 0.25) is 5.91 Å². The summed E-state index contributed by atoms with van der Waals surface area (Å²) in [6, 6.07) is 5.68. The van der Waals surface area contributed by atoms with Gasteiger partial charge in [0, 0.05) is 0 Å². The van der Waals surface area contributed by atoms with Crippen molar-refractivity contribution in [2.45, 2.75) is 20.3 Å². The molecule has 5 heteroatoms. The maximum absolute atomic E-state index is 11.9. The van der Waals surface area contributed by atoms with Crippen molar-refractivity contribution >= 4 is 11.9 Å². The van der Waals surface area contributed by atoms with Gasteiger partial charge in [-0.3, -0.25) is 9.59 Å². The molecule has 0 bridgehead atoms. The van der Waals surface area contributed by atoms with E-state index in [1.54, 1.807) is 0 Å². The predicted octanol–water partition coefficient (Wildman–Crippen LogP) is 1.62. The van der Waals surface area contributed by atoms with E-state index in [2.05, 4.69) is 5.92 Å². The second kappa shape index (κ2) is 7.95. The minimum absolute atomic E-state index is 0.0191. The van der Waals surface area contributed by atoms with E-state index in [9.17, 15) is 9.59 Å². The molecule has 0 fully saturated rings. The third-order valence-corrected chi connectivity index (χ3v) is 3.02. The number of carboxylic acids is 1. The highest BCUT2D eigenvalue weighted by Crippen LogP contribution is 2.16. The standard InChI is InChI=1S/C16H19NO4/c1-4-8-17(11-16(19)20)15(18)7-9-21-14-6-5-12(2)13(3)10-14/h1,5-6,10H,7-9,11H2,2-3H3,(H,19,20). The summed E-state index contributed by atoms with van der Waals surface area (Å²) >= 11 is 0. The minimum atomic E-state index is -1.09. The average molecular weight is 289 g/mol. The normalized spacial score (nSPS) is 9.76. The highest BCUT2D eigenvalue weighted by atomic mass is 16.5. The van der Waals surface area contributed by atoms with Gasteiger partial charge in [0.15, 0.2) is 0 Å². The number of benzene rings is 1. The maximum atomic E-state index is 11.9. The smallest absolute Gasteiger partial charge is 0.323 e. The van der Waals surface area contributed by atoms with Crippen LogP contribution in [0.1, 0.15) is 17.5 Å². The molecule has 0 saturated carbocycles. The largest absolute Gasteiger partial charge is 0.493 e. The fraction of sp³-hybridized carbons (Fsp3) is 0.375.